The number of ether oxygens (including phenoxy) is 2. The van der Waals surface area contributed by atoms with Gasteiger partial charge in [-0.05, 0) is 47.0 Å². The molecule has 2 aromatic rings. The second kappa shape index (κ2) is 7.83. The average Bonchev–Trinajstić information content (AvgIpc) is 2.43. The van der Waals surface area contributed by atoms with Crippen LogP contribution in [0.2, 0.25) is 0 Å². The Morgan fingerprint density at radius 3 is 1.88 bits per heavy atom. The lowest BCUT2D eigenvalue weighted by Crippen LogP contribution is -2.17. The minimum Gasteiger partial charge on any atom is -0.406 e. The average molecular weight is 388 g/mol. The van der Waals surface area contributed by atoms with Gasteiger partial charge < -0.3 is 15.2 Å². The van der Waals surface area contributed by atoms with Crippen molar-refractivity contribution in [3.63, 3.8) is 0 Å². The van der Waals surface area contributed by atoms with Crippen molar-refractivity contribution in [1.82, 2.24) is 0 Å². The summed E-state index contributed by atoms with van der Waals surface area (Å²) in [6, 6.07) is 8.46. The summed E-state index contributed by atoms with van der Waals surface area (Å²) < 4.78 is 81.5. The molecule has 2 rings (SSSR count). The highest BCUT2D eigenvalue weighted by Crippen LogP contribution is 2.32. The zero-order chi connectivity index (χ0) is 18.0. The Morgan fingerprint density at radius 2 is 1.32 bits per heavy atom. The molecule has 138 valence electrons. The van der Waals surface area contributed by atoms with Crippen LogP contribution in [-0.4, -0.2) is 12.7 Å². The topological polar surface area (TPSA) is 44.5 Å². The first-order valence-electron chi connectivity index (χ1n) is 6.52. The minimum atomic E-state index is -4.90. The third kappa shape index (κ3) is 6.71. The van der Waals surface area contributed by atoms with Crippen LogP contribution in [0.3, 0.4) is 0 Å². The molecule has 0 radical (unpaired) electrons. The van der Waals surface area contributed by atoms with Gasteiger partial charge in [-0.25, -0.2) is 0 Å². The van der Waals surface area contributed by atoms with Crippen molar-refractivity contribution in [3.8, 4) is 22.6 Å². The minimum absolute atomic E-state index is 0. The van der Waals surface area contributed by atoms with Crippen LogP contribution < -0.4 is 15.2 Å². The van der Waals surface area contributed by atoms with E-state index in [0.29, 0.717) is 5.56 Å². The molecule has 0 amide bonds. The van der Waals surface area contributed by atoms with Crippen LogP contribution in [0.4, 0.5) is 26.3 Å². The van der Waals surface area contributed by atoms with Crippen molar-refractivity contribution in [2.75, 3.05) is 0 Å². The summed E-state index contributed by atoms with van der Waals surface area (Å²) in [5.74, 6) is -1.00. The van der Waals surface area contributed by atoms with Gasteiger partial charge in [-0.2, -0.15) is 0 Å². The number of rotatable bonds is 4. The highest BCUT2D eigenvalue weighted by atomic mass is 35.5. The van der Waals surface area contributed by atoms with Gasteiger partial charge in [0.25, 0.3) is 0 Å². The number of hydrogen-bond donors (Lipinski definition) is 1. The van der Waals surface area contributed by atoms with E-state index in [1.807, 2.05) is 0 Å². The lowest BCUT2D eigenvalue weighted by Gasteiger charge is -2.13. The summed E-state index contributed by atoms with van der Waals surface area (Å²) in [4.78, 5) is 0. The van der Waals surface area contributed by atoms with Crippen LogP contribution in [0.15, 0.2) is 42.5 Å². The molecule has 0 fully saturated rings. The Morgan fingerprint density at radius 1 is 0.760 bits per heavy atom. The fraction of sp³-hybridized carbons (Fsp3) is 0.200. The van der Waals surface area contributed by atoms with E-state index in [0.717, 1.165) is 24.3 Å². The van der Waals surface area contributed by atoms with Gasteiger partial charge in [0.15, 0.2) is 0 Å². The normalized spacial score (nSPS) is 11.6. The Hall–Kier alpha value is -2.13. The smallest absolute Gasteiger partial charge is 0.406 e. The maximum Gasteiger partial charge on any atom is 0.573 e. The molecular weight excluding hydrogens is 376 g/mol. The van der Waals surface area contributed by atoms with E-state index in [4.69, 9.17) is 5.73 Å². The molecule has 0 saturated heterocycles. The van der Waals surface area contributed by atoms with Crippen molar-refractivity contribution < 1.29 is 35.8 Å². The van der Waals surface area contributed by atoms with E-state index < -0.39 is 24.2 Å². The Kier molecular flexibility index (Phi) is 6.55. The predicted molar refractivity (Wildman–Crippen MR) is 80.4 cm³/mol. The van der Waals surface area contributed by atoms with Crippen LogP contribution in [0.25, 0.3) is 11.1 Å². The third-order valence-corrected chi connectivity index (χ3v) is 2.84. The van der Waals surface area contributed by atoms with Gasteiger partial charge in [-0.15, -0.1) is 38.7 Å². The second-order valence-electron chi connectivity index (χ2n) is 4.69. The Bertz CT molecular complexity index is 718. The van der Waals surface area contributed by atoms with E-state index in [-0.39, 0.29) is 30.1 Å². The molecule has 10 heteroatoms. The maximum absolute atomic E-state index is 12.4. The second-order valence-corrected chi connectivity index (χ2v) is 4.69. The number of nitrogens with two attached hydrogens (primary N) is 1. The summed E-state index contributed by atoms with van der Waals surface area (Å²) in [5, 5.41) is 0. The SMILES string of the molecule is Cl.NCc1cc(OC(F)(F)F)cc(-c2cccc(OC(F)(F)F)c2)c1. The van der Waals surface area contributed by atoms with Crippen LogP contribution in [0.5, 0.6) is 11.5 Å². The van der Waals surface area contributed by atoms with Crippen molar-refractivity contribution in [2.24, 2.45) is 5.73 Å². The number of alkyl halides is 6. The molecule has 0 aliphatic heterocycles. The van der Waals surface area contributed by atoms with E-state index in [1.54, 1.807) is 0 Å². The fourth-order valence-electron chi connectivity index (χ4n) is 2.01. The maximum atomic E-state index is 12.4. The summed E-state index contributed by atoms with van der Waals surface area (Å²) in [5.41, 5.74) is 6.19. The largest absolute Gasteiger partial charge is 0.573 e. The van der Waals surface area contributed by atoms with Gasteiger partial charge in [0.2, 0.25) is 0 Å². The molecule has 0 atom stereocenters. The summed E-state index contributed by atoms with van der Waals surface area (Å²) in [6.45, 7) is -0.0687. The van der Waals surface area contributed by atoms with E-state index in [2.05, 4.69) is 9.47 Å². The molecule has 0 aliphatic rings. The van der Waals surface area contributed by atoms with Crippen molar-refractivity contribution in [2.45, 2.75) is 19.3 Å². The summed E-state index contributed by atoms with van der Waals surface area (Å²) >= 11 is 0. The molecule has 0 bridgehead atoms. The monoisotopic (exact) mass is 387 g/mol. The van der Waals surface area contributed by atoms with Crippen LogP contribution in [0.1, 0.15) is 5.56 Å². The highest BCUT2D eigenvalue weighted by molar-refractivity contribution is 5.85. The molecule has 0 spiro atoms. The molecule has 0 heterocycles. The molecule has 0 aliphatic carbocycles. The Balaban J connectivity index is 0.00000312. The molecule has 0 unspecified atom stereocenters. The zero-order valence-corrected chi connectivity index (χ0v) is 13.1. The van der Waals surface area contributed by atoms with E-state index >= 15 is 0 Å². The third-order valence-electron chi connectivity index (χ3n) is 2.84. The number of hydrogen-bond acceptors (Lipinski definition) is 3. The molecule has 25 heavy (non-hydrogen) atoms. The zero-order valence-electron chi connectivity index (χ0n) is 12.3. The number of benzene rings is 2. The molecule has 2 aromatic carbocycles. The predicted octanol–water partition coefficient (Wildman–Crippen LogP) is 5.03. The van der Waals surface area contributed by atoms with Crippen LogP contribution in [0, 0.1) is 0 Å². The summed E-state index contributed by atoms with van der Waals surface area (Å²) in [7, 11) is 0. The standard InChI is InChI=1S/C15H11F6NO2.ClH/c16-14(17,18)23-12-3-1-2-10(6-12)11-4-9(8-22)5-13(7-11)24-15(19,20)21;/h1-7H,8,22H2;1H. The molecule has 3 nitrogen and oxygen atoms in total. The molecule has 0 saturated carbocycles. The van der Waals surface area contributed by atoms with Crippen molar-refractivity contribution in [1.29, 1.82) is 0 Å². The van der Waals surface area contributed by atoms with Crippen molar-refractivity contribution in [3.05, 3.63) is 48.0 Å². The quantitative estimate of drug-likeness (QED) is 0.748. The van der Waals surface area contributed by atoms with Gasteiger partial charge in [0, 0.05) is 6.54 Å². The number of halogens is 7. The molecular formula is C15H12ClF6NO2. The molecule has 0 aromatic heterocycles. The van der Waals surface area contributed by atoms with Gasteiger partial charge in [-0.1, -0.05) is 12.1 Å². The molecule has 2 N–H and O–H groups in total. The fourth-order valence-corrected chi connectivity index (χ4v) is 2.01. The Labute approximate surface area is 144 Å². The first kappa shape index (κ1) is 20.9. The van der Waals surface area contributed by atoms with Crippen LogP contribution >= 0.6 is 12.4 Å². The van der Waals surface area contributed by atoms with Gasteiger partial charge >= 0.3 is 12.7 Å². The lowest BCUT2D eigenvalue weighted by atomic mass is 10.0. The van der Waals surface area contributed by atoms with Gasteiger partial charge in [0.1, 0.15) is 11.5 Å². The van der Waals surface area contributed by atoms with Gasteiger partial charge in [-0.3, -0.25) is 0 Å². The van der Waals surface area contributed by atoms with Gasteiger partial charge in [0.05, 0.1) is 0 Å². The van der Waals surface area contributed by atoms with E-state index in [9.17, 15) is 26.3 Å². The van der Waals surface area contributed by atoms with E-state index in [1.165, 1.54) is 18.2 Å². The summed E-state index contributed by atoms with van der Waals surface area (Å²) in [6.07, 6.45) is -9.77. The first-order chi connectivity index (χ1) is 11.1. The van der Waals surface area contributed by atoms with Crippen LogP contribution in [-0.2, 0) is 6.54 Å². The lowest BCUT2D eigenvalue weighted by molar-refractivity contribution is -0.275. The first-order valence-corrected chi connectivity index (χ1v) is 6.52. The highest BCUT2D eigenvalue weighted by Gasteiger charge is 2.32. The van der Waals surface area contributed by atoms with Crippen molar-refractivity contribution >= 4 is 12.4 Å².